The maximum Gasteiger partial charge on any atom is 0.513 e. The second-order valence-corrected chi connectivity index (χ2v) is 20.8. The highest BCUT2D eigenvalue weighted by atomic mass is 31.3. The zero-order chi connectivity index (χ0) is 50.1. The van der Waals surface area contributed by atoms with Crippen LogP contribution in [0.2, 0.25) is 0 Å². The van der Waals surface area contributed by atoms with Crippen LogP contribution in [0.25, 0.3) is 10.4 Å². The minimum absolute atomic E-state index is 0. The lowest BCUT2D eigenvalue weighted by Gasteiger charge is -2.22. The number of aromatic amines is 1. The van der Waals surface area contributed by atoms with Crippen LogP contribution in [0, 0.1) is 0 Å². The van der Waals surface area contributed by atoms with Crippen molar-refractivity contribution in [3.8, 4) is 11.5 Å². The molecule has 1 aliphatic heterocycles. The molecule has 0 amide bonds. The van der Waals surface area contributed by atoms with E-state index in [4.69, 9.17) is 42.4 Å². The van der Waals surface area contributed by atoms with E-state index in [2.05, 4.69) is 21.3 Å². The van der Waals surface area contributed by atoms with E-state index >= 15 is 0 Å². The second kappa shape index (κ2) is 32.5. The maximum absolute atomic E-state index is 13.9. The summed E-state index contributed by atoms with van der Waals surface area (Å²) >= 11 is 0. The van der Waals surface area contributed by atoms with Gasteiger partial charge in [0, 0.05) is 30.0 Å². The summed E-state index contributed by atoms with van der Waals surface area (Å²) in [6, 6.07) is 11.2. The second-order valence-electron chi connectivity index (χ2n) is 16.0. The molecule has 9 N–H and O–H groups in total. The van der Waals surface area contributed by atoms with E-state index in [0.717, 1.165) is 36.1 Å². The molecule has 1 aromatic heterocycles. The van der Waals surface area contributed by atoms with Crippen LogP contribution in [0.4, 0.5) is 4.79 Å². The summed E-state index contributed by atoms with van der Waals surface area (Å²) in [5.41, 5.74) is 8.05. The lowest BCUT2D eigenvalue weighted by atomic mass is 10.0. The number of hydrogen-bond donors (Lipinski definition) is 5. The van der Waals surface area contributed by atoms with E-state index in [-0.39, 0.29) is 54.4 Å². The third-order valence-corrected chi connectivity index (χ3v) is 15.1. The van der Waals surface area contributed by atoms with Crippen LogP contribution in [0.5, 0.6) is 11.5 Å². The molecule has 71 heavy (non-hydrogen) atoms. The van der Waals surface area contributed by atoms with Crippen LogP contribution >= 0.6 is 23.5 Å². The van der Waals surface area contributed by atoms with E-state index in [9.17, 15) is 42.7 Å². The molecule has 0 saturated carbocycles. The van der Waals surface area contributed by atoms with E-state index < -0.39 is 85.0 Å². The van der Waals surface area contributed by atoms with Gasteiger partial charge in [-0.25, -0.2) is 23.3 Å². The van der Waals surface area contributed by atoms with Gasteiger partial charge in [-0.3, -0.25) is 32.7 Å². The van der Waals surface area contributed by atoms with Gasteiger partial charge in [0.15, 0.2) is 0 Å². The van der Waals surface area contributed by atoms with Crippen LogP contribution in [0.1, 0.15) is 134 Å². The number of unbranched alkanes of at least 4 members (excludes halogenated alkanes) is 13. The Morgan fingerprint density at radius 2 is 1.27 bits per heavy atom. The number of benzene rings is 2. The van der Waals surface area contributed by atoms with Gasteiger partial charge in [-0.05, 0) is 47.3 Å². The SMILES string of the molecule is CCCCCCCCCCCCCCCCOC(=O)Oc1ccc(COP(=O)(OCc2ccc(OC(=O)CC)cc2)OP(=O)(O)OP(=O)(O)OC[C@H]2O[C@@H](n3ccc(=O)[nH]c3=O)CC2N=[N+]=[N-])cc1.N.N. The Labute approximate surface area is 411 Å². The summed E-state index contributed by atoms with van der Waals surface area (Å²) in [6.07, 6.45) is 14.5. The van der Waals surface area contributed by atoms with Crippen LogP contribution in [0.15, 0.2) is 75.5 Å². The molecule has 4 rings (SSSR count). The number of phosphoric ester groups is 2. The molecular formula is C43H68N7O18P3. The number of nitrogens with zero attached hydrogens (tertiary/aromatic N) is 4. The topological polar surface area (TPSA) is 382 Å². The lowest BCUT2D eigenvalue weighted by Crippen LogP contribution is -2.31. The van der Waals surface area contributed by atoms with E-state index in [1.807, 2.05) is 4.98 Å². The fourth-order valence-corrected chi connectivity index (χ4v) is 10.9. The van der Waals surface area contributed by atoms with Crippen molar-refractivity contribution in [3.05, 3.63) is 103 Å². The van der Waals surface area contributed by atoms with Crippen molar-refractivity contribution in [3.63, 3.8) is 0 Å². The number of ether oxygens (including phenoxy) is 4. The monoisotopic (exact) mass is 1060 g/mol. The lowest BCUT2D eigenvalue weighted by molar-refractivity contribution is -0.134. The third kappa shape index (κ3) is 24.2. The van der Waals surface area contributed by atoms with Crippen molar-refractivity contribution < 1.29 is 74.2 Å². The molecule has 28 heteroatoms. The number of esters is 1. The van der Waals surface area contributed by atoms with Crippen molar-refractivity contribution in [2.75, 3.05) is 13.2 Å². The van der Waals surface area contributed by atoms with Crippen LogP contribution in [-0.2, 0) is 63.4 Å². The third-order valence-electron chi connectivity index (χ3n) is 10.4. The summed E-state index contributed by atoms with van der Waals surface area (Å²) in [5, 5.41) is 3.54. The molecule has 25 nitrogen and oxygen atoms in total. The fourth-order valence-electron chi connectivity index (χ4n) is 6.82. The van der Waals surface area contributed by atoms with Gasteiger partial charge < -0.3 is 41.0 Å². The van der Waals surface area contributed by atoms with Gasteiger partial charge in [-0.1, -0.05) is 127 Å². The predicted molar refractivity (Wildman–Crippen MR) is 259 cm³/mol. The average molecular weight is 1060 g/mol. The number of azide groups is 1. The predicted octanol–water partition coefficient (Wildman–Crippen LogP) is 10.9. The van der Waals surface area contributed by atoms with Crippen molar-refractivity contribution in [2.45, 2.75) is 148 Å². The summed E-state index contributed by atoms with van der Waals surface area (Å²) in [7, 11) is -16.7. The molecule has 0 aliphatic carbocycles. The molecule has 0 radical (unpaired) electrons. The van der Waals surface area contributed by atoms with Gasteiger partial charge in [0.05, 0.1) is 38.6 Å². The smallest absolute Gasteiger partial charge is 0.434 e. The van der Waals surface area contributed by atoms with Crippen LogP contribution in [0.3, 0.4) is 0 Å². The summed E-state index contributed by atoms with van der Waals surface area (Å²) in [5.74, 6) is -0.203. The maximum atomic E-state index is 13.9. The Kier molecular flexibility index (Phi) is 28.7. The largest absolute Gasteiger partial charge is 0.513 e. The van der Waals surface area contributed by atoms with Gasteiger partial charge in [0.2, 0.25) is 0 Å². The van der Waals surface area contributed by atoms with Gasteiger partial charge in [0.1, 0.15) is 17.7 Å². The Balaban J connectivity index is 0.00000864. The van der Waals surface area contributed by atoms with Gasteiger partial charge in [0.25, 0.3) is 5.56 Å². The first-order valence-corrected chi connectivity index (χ1v) is 27.3. The number of aromatic nitrogens is 2. The number of carbonyl (C=O) groups excluding carboxylic acids is 2. The molecule has 2 heterocycles. The molecule has 3 aromatic rings. The molecule has 0 spiro atoms. The Morgan fingerprint density at radius 1 is 0.746 bits per heavy atom. The van der Waals surface area contributed by atoms with E-state index in [1.54, 1.807) is 6.92 Å². The zero-order valence-electron chi connectivity index (χ0n) is 40.1. The Bertz CT molecular complexity index is 2390. The molecule has 1 fully saturated rings. The number of hydrogen-bond acceptors (Lipinski definition) is 19. The fraction of sp³-hybridized carbons (Fsp3) is 0.581. The van der Waals surface area contributed by atoms with Crippen molar-refractivity contribution in [2.24, 2.45) is 5.11 Å². The molecule has 1 aliphatic rings. The molecule has 0 bridgehead atoms. The first-order chi connectivity index (χ1) is 33.0. The van der Waals surface area contributed by atoms with Crippen LogP contribution in [-0.4, -0.2) is 56.8 Å². The standard InChI is InChI=1S/C43H62N5O18P3.2H3N/c1-3-5-6-7-8-9-10-11-12-13-14-15-16-17-28-58-43(52)63-36-24-20-34(21-25-36)31-61-69(57,60-30-33-18-22-35(23-19-33)62-41(50)4-2)66-68(55,56)65-67(53,54)59-32-38-37(46-47-44)29-40(64-38)48-27-26-39(49)45-42(48)51;;/h18-27,37-38,40H,3-17,28-32H2,1-2H3,(H,53,54)(H,55,56)(H,45,49,51);2*1H3/t37?,38-,40-,69?;;/m1../s1. The summed E-state index contributed by atoms with van der Waals surface area (Å²) in [6.45, 7) is 1.92. The first kappa shape index (κ1) is 62.6. The number of carbonyl (C=O) groups is 2. The number of H-pyrrole nitrogens is 1. The van der Waals surface area contributed by atoms with Crippen molar-refractivity contribution in [1.82, 2.24) is 21.9 Å². The highest BCUT2D eigenvalue weighted by molar-refractivity contribution is 7.67. The normalized spacial score (nSPS) is 17.8. The molecule has 1 saturated heterocycles. The number of nitrogens with one attached hydrogen (secondary N) is 1. The van der Waals surface area contributed by atoms with Crippen molar-refractivity contribution in [1.29, 1.82) is 0 Å². The molecular weight excluding hydrogens is 995 g/mol. The van der Waals surface area contributed by atoms with Gasteiger partial charge in [-0.2, -0.15) is 8.62 Å². The summed E-state index contributed by atoms with van der Waals surface area (Å²) < 4.78 is 87.0. The highest BCUT2D eigenvalue weighted by Gasteiger charge is 2.45. The minimum Gasteiger partial charge on any atom is -0.434 e. The molecule has 4 unspecified atom stereocenters. The Hall–Kier alpha value is -4.54. The highest BCUT2D eigenvalue weighted by Crippen LogP contribution is 2.69. The Morgan fingerprint density at radius 3 is 1.77 bits per heavy atom. The van der Waals surface area contributed by atoms with Crippen LogP contribution < -0.4 is 33.0 Å². The van der Waals surface area contributed by atoms with Crippen molar-refractivity contribution >= 4 is 35.6 Å². The summed E-state index contributed by atoms with van der Waals surface area (Å²) in [4.78, 5) is 73.5. The molecule has 6 atom stereocenters. The number of phosphoric acid groups is 3. The zero-order valence-corrected chi connectivity index (χ0v) is 42.8. The first-order valence-electron chi connectivity index (χ1n) is 22.9. The van der Waals surface area contributed by atoms with Gasteiger partial charge >= 0.3 is 41.3 Å². The van der Waals surface area contributed by atoms with Gasteiger partial charge in [-0.15, -0.1) is 0 Å². The molecule has 2 aromatic carbocycles. The van der Waals surface area contributed by atoms with E-state index in [0.29, 0.717) is 6.42 Å². The quantitative estimate of drug-likeness (QED) is 0.00553. The van der Waals surface area contributed by atoms with E-state index in [1.165, 1.54) is 113 Å². The average Bonchev–Trinajstić information content (AvgIpc) is 3.70. The number of rotatable bonds is 33. The molecule has 398 valence electrons. The minimum atomic E-state index is -5.90.